The van der Waals surface area contributed by atoms with Gasteiger partial charge in [-0.1, -0.05) is 35.8 Å². The molecule has 3 rings (SSSR count). The van der Waals surface area contributed by atoms with Gasteiger partial charge in [0.2, 0.25) is 0 Å². The lowest BCUT2D eigenvalue weighted by molar-refractivity contribution is 0.102. The van der Waals surface area contributed by atoms with E-state index in [2.05, 4.69) is 26.2 Å². The molecule has 0 unspecified atom stereocenters. The SMILES string of the molecule is Cc1cccnc1NC(=O)c1c(O)c2ccc(Br)cc2n(CC(C)C)c1=O. The van der Waals surface area contributed by atoms with E-state index in [0.717, 1.165) is 10.0 Å². The van der Waals surface area contributed by atoms with Gasteiger partial charge in [-0.25, -0.2) is 4.98 Å². The number of aryl methyl sites for hydroxylation is 1. The van der Waals surface area contributed by atoms with Crippen LogP contribution in [0.2, 0.25) is 0 Å². The fraction of sp³-hybridized carbons (Fsp3) is 0.250. The van der Waals surface area contributed by atoms with Crippen LogP contribution in [0.1, 0.15) is 29.8 Å². The van der Waals surface area contributed by atoms with E-state index in [4.69, 9.17) is 0 Å². The Bertz CT molecular complexity index is 1090. The molecular weight excluding hydrogens is 410 g/mol. The van der Waals surface area contributed by atoms with Crippen LogP contribution in [-0.4, -0.2) is 20.6 Å². The molecular formula is C20H20BrN3O3. The maximum Gasteiger partial charge on any atom is 0.267 e. The third-order valence-electron chi connectivity index (χ3n) is 4.22. The van der Waals surface area contributed by atoms with Gasteiger partial charge in [-0.3, -0.25) is 9.59 Å². The first kappa shape index (κ1) is 19.1. The third kappa shape index (κ3) is 3.73. The summed E-state index contributed by atoms with van der Waals surface area (Å²) < 4.78 is 2.32. The Kier molecular flexibility index (Phi) is 5.32. The number of rotatable bonds is 4. The average Bonchev–Trinajstić information content (AvgIpc) is 2.60. The lowest BCUT2D eigenvalue weighted by atomic mass is 10.1. The van der Waals surface area contributed by atoms with E-state index in [1.165, 1.54) is 4.57 Å². The van der Waals surface area contributed by atoms with E-state index in [1.807, 2.05) is 13.8 Å². The number of nitrogens with one attached hydrogen (secondary N) is 1. The molecule has 0 radical (unpaired) electrons. The maximum atomic E-state index is 13.1. The van der Waals surface area contributed by atoms with Crippen molar-refractivity contribution in [3.8, 4) is 5.75 Å². The van der Waals surface area contributed by atoms with Gasteiger partial charge in [0, 0.05) is 22.6 Å². The summed E-state index contributed by atoms with van der Waals surface area (Å²) in [6.07, 6.45) is 1.55. The Hall–Kier alpha value is -2.67. The third-order valence-corrected chi connectivity index (χ3v) is 4.71. The standard InChI is InChI=1S/C20H20BrN3O3/c1-11(2)10-24-15-9-13(21)6-7-14(15)17(25)16(20(24)27)19(26)23-18-12(3)5-4-8-22-18/h4-9,11,25H,10H2,1-3H3,(H,22,23,26). The van der Waals surface area contributed by atoms with Crippen LogP contribution >= 0.6 is 15.9 Å². The zero-order valence-corrected chi connectivity index (χ0v) is 16.9. The molecule has 2 N–H and O–H groups in total. The van der Waals surface area contributed by atoms with Crippen molar-refractivity contribution >= 4 is 38.6 Å². The van der Waals surface area contributed by atoms with Crippen molar-refractivity contribution in [1.29, 1.82) is 0 Å². The largest absolute Gasteiger partial charge is 0.506 e. The van der Waals surface area contributed by atoms with Crippen LogP contribution in [0.3, 0.4) is 0 Å². The van der Waals surface area contributed by atoms with Crippen molar-refractivity contribution in [2.45, 2.75) is 27.3 Å². The average molecular weight is 430 g/mol. The molecule has 0 bridgehead atoms. The van der Waals surface area contributed by atoms with E-state index in [0.29, 0.717) is 23.3 Å². The number of fused-ring (bicyclic) bond motifs is 1. The Morgan fingerprint density at radius 1 is 1.33 bits per heavy atom. The second kappa shape index (κ2) is 7.52. The highest BCUT2D eigenvalue weighted by molar-refractivity contribution is 9.10. The van der Waals surface area contributed by atoms with Crippen LogP contribution in [0.4, 0.5) is 5.82 Å². The monoisotopic (exact) mass is 429 g/mol. The number of hydrogen-bond acceptors (Lipinski definition) is 4. The predicted octanol–water partition coefficient (Wildman–Crippen LogP) is 4.08. The number of amides is 1. The topological polar surface area (TPSA) is 84.2 Å². The summed E-state index contributed by atoms with van der Waals surface area (Å²) in [5.74, 6) is -0.466. The minimum Gasteiger partial charge on any atom is -0.506 e. The summed E-state index contributed by atoms with van der Waals surface area (Å²) in [5.41, 5.74) is 0.525. The van der Waals surface area contributed by atoms with Gasteiger partial charge in [-0.05, 0) is 42.7 Å². The van der Waals surface area contributed by atoms with Gasteiger partial charge in [0.15, 0.2) is 0 Å². The Labute approximate surface area is 165 Å². The van der Waals surface area contributed by atoms with E-state index < -0.39 is 11.5 Å². The van der Waals surface area contributed by atoms with Crippen molar-refractivity contribution in [2.24, 2.45) is 5.92 Å². The summed E-state index contributed by atoms with van der Waals surface area (Å²) in [6, 6.07) is 8.78. The van der Waals surface area contributed by atoms with Gasteiger partial charge in [0.05, 0.1) is 5.52 Å². The second-order valence-corrected chi connectivity index (χ2v) is 7.73. The molecule has 6 nitrogen and oxygen atoms in total. The first-order valence-corrected chi connectivity index (χ1v) is 9.37. The number of halogens is 1. The van der Waals surface area contributed by atoms with E-state index >= 15 is 0 Å². The number of benzene rings is 1. The van der Waals surface area contributed by atoms with Gasteiger partial charge in [0.25, 0.3) is 11.5 Å². The quantitative estimate of drug-likeness (QED) is 0.654. The van der Waals surface area contributed by atoms with Crippen molar-refractivity contribution in [3.63, 3.8) is 0 Å². The molecule has 0 saturated carbocycles. The van der Waals surface area contributed by atoms with Crippen molar-refractivity contribution in [1.82, 2.24) is 9.55 Å². The molecule has 0 fully saturated rings. The molecule has 1 aromatic carbocycles. The van der Waals surface area contributed by atoms with Gasteiger partial charge >= 0.3 is 0 Å². The summed E-state index contributed by atoms with van der Waals surface area (Å²) in [7, 11) is 0. The van der Waals surface area contributed by atoms with Crippen LogP contribution < -0.4 is 10.9 Å². The first-order valence-electron chi connectivity index (χ1n) is 8.57. The summed E-state index contributed by atoms with van der Waals surface area (Å²) in [4.78, 5) is 30.0. The van der Waals surface area contributed by atoms with Gasteiger partial charge in [-0.15, -0.1) is 0 Å². The second-order valence-electron chi connectivity index (χ2n) is 6.82. The van der Waals surface area contributed by atoms with E-state index in [-0.39, 0.29) is 17.2 Å². The number of aromatic nitrogens is 2. The number of hydrogen-bond donors (Lipinski definition) is 2. The number of nitrogens with zero attached hydrogens (tertiary/aromatic N) is 2. The van der Waals surface area contributed by atoms with Crippen LogP contribution in [0, 0.1) is 12.8 Å². The molecule has 2 heterocycles. The van der Waals surface area contributed by atoms with Crippen molar-refractivity contribution in [3.05, 3.63) is 62.5 Å². The lowest BCUT2D eigenvalue weighted by Gasteiger charge is -2.17. The first-order chi connectivity index (χ1) is 12.8. The zero-order chi connectivity index (χ0) is 19.7. The number of anilines is 1. The van der Waals surface area contributed by atoms with Crippen LogP contribution in [-0.2, 0) is 6.54 Å². The van der Waals surface area contributed by atoms with E-state index in [9.17, 15) is 14.7 Å². The molecule has 0 atom stereocenters. The predicted molar refractivity (Wildman–Crippen MR) is 109 cm³/mol. The summed E-state index contributed by atoms with van der Waals surface area (Å²) >= 11 is 3.40. The van der Waals surface area contributed by atoms with Crippen LogP contribution in [0.25, 0.3) is 10.9 Å². The summed E-state index contributed by atoms with van der Waals surface area (Å²) in [6.45, 7) is 6.20. The lowest BCUT2D eigenvalue weighted by Crippen LogP contribution is -2.31. The highest BCUT2D eigenvalue weighted by atomic mass is 79.9. The van der Waals surface area contributed by atoms with Crippen LogP contribution in [0.15, 0.2) is 45.8 Å². The Morgan fingerprint density at radius 3 is 2.74 bits per heavy atom. The number of aromatic hydroxyl groups is 1. The van der Waals surface area contributed by atoms with E-state index in [1.54, 1.807) is 43.5 Å². The number of pyridine rings is 2. The zero-order valence-electron chi connectivity index (χ0n) is 15.3. The van der Waals surface area contributed by atoms with Gasteiger partial charge in [0.1, 0.15) is 17.1 Å². The molecule has 0 aliphatic rings. The molecule has 2 aromatic heterocycles. The summed E-state index contributed by atoms with van der Waals surface area (Å²) in [5, 5.41) is 13.8. The van der Waals surface area contributed by atoms with Gasteiger partial charge in [-0.2, -0.15) is 0 Å². The minimum absolute atomic E-state index is 0.184. The van der Waals surface area contributed by atoms with Crippen molar-refractivity contribution in [2.75, 3.05) is 5.32 Å². The fourth-order valence-electron chi connectivity index (χ4n) is 2.95. The molecule has 3 aromatic rings. The molecule has 0 aliphatic heterocycles. The minimum atomic E-state index is -0.679. The van der Waals surface area contributed by atoms with Gasteiger partial charge < -0.3 is 15.0 Å². The normalized spacial score (nSPS) is 11.1. The van der Waals surface area contributed by atoms with Crippen molar-refractivity contribution < 1.29 is 9.90 Å². The molecule has 0 spiro atoms. The molecule has 0 aliphatic carbocycles. The molecule has 140 valence electrons. The molecule has 27 heavy (non-hydrogen) atoms. The molecule has 1 amide bonds. The molecule has 0 saturated heterocycles. The maximum absolute atomic E-state index is 13.1. The number of carbonyl (C=O) groups is 1. The highest BCUT2D eigenvalue weighted by Crippen LogP contribution is 2.29. The smallest absolute Gasteiger partial charge is 0.267 e. The molecule has 7 heteroatoms. The Balaban J connectivity index is 2.20. The fourth-order valence-corrected chi connectivity index (χ4v) is 3.30. The number of carbonyl (C=O) groups excluding carboxylic acids is 1. The Morgan fingerprint density at radius 2 is 2.07 bits per heavy atom. The van der Waals surface area contributed by atoms with Crippen LogP contribution in [0.5, 0.6) is 5.75 Å². The highest BCUT2D eigenvalue weighted by Gasteiger charge is 2.23.